The van der Waals surface area contributed by atoms with E-state index in [0.29, 0.717) is 5.56 Å². The molecule has 0 atom stereocenters. The number of benzene rings is 1. The minimum Gasteiger partial charge on any atom is -0.384 e. The van der Waals surface area contributed by atoms with E-state index in [4.69, 9.17) is 11.1 Å². The Hall–Kier alpha value is -2.34. The number of rotatable bonds is 3. The third-order valence-electron chi connectivity index (χ3n) is 2.96. The van der Waals surface area contributed by atoms with Gasteiger partial charge in [0.1, 0.15) is 10.9 Å². The van der Waals surface area contributed by atoms with Crippen molar-refractivity contribution in [3.8, 4) is 0 Å². The number of amidine groups is 1. The van der Waals surface area contributed by atoms with Crippen LogP contribution in [0.25, 0.3) is 10.9 Å². The summed E-state index contributed by atoms with van der Waals surface area (Å²) in [6, 6.07) is 9.53. The largest absolute Gasteiger partial charge is 0.384 e. The van der Waals surface area contributed by atoms with Gasteiger partial charge in [0.2, 0.25) is 0 Å². The quantitative estimate of drug-likeness (QED) is 0.571. The zero-order valence-electron chi connectivity index (χ0n) is 10.9. The van der Waals surface area contributed by atoms with Crippen LogP contribution in [0.15, 0.2) is 52.9 Å². The minimum absolute atomic E-state index is 0.0466. The van der Waals surface area contributed by atoms with E-state index in [0.717, 1.165) is 21.1 Å². The van der Waals surface area contributed by atoms with E-state index in [1.54, 1.807) is 6.20 Å². The van der Waals surface area contributed by atoms with Gasteiger partial charge >= 0.3 is 0 Å². The van der Waals surface area contributed by atoms with Gasteiger partial charge in [-0.05, 0) is 23.9 Å². The van der Waals surface area contributed by atoms with Gasteiger partial charge in [-0.1, -0.05) is 18.2 Å². The Bertz CT molecular complexity index is 793. The Morgan fingerprint density at radius 1 is 1.35 bits per heavy atom. The summed E-state index contributed by atoms with van der Waals surface area (Å²) in [4.78, 5) is 8.86. The number of nitrogens with zero attached hydrogens (tertiary/aromatic N) is 3. The van der Waals surface area contributed by atoms with Crippen molar-refractivity contribution in [2.45, 2.75) is 10.2 Å². The lowest BCUT2D eigenvalue weighted by Crippen LogP contribution is -2.12. The summed E-state index contributed by atoms with van der Waals surface area (Å²) >= 11 is 1.46. The van der Waals surface area contributed by atoms with Gasteiger partial charge in [-0.15, -0.1) is 0 Å². The molecule has 3 rings (SSSR count). The fourth-order valence-corrected chi connectivity index (χ4v) is 2.80. The van der Waals surface area contributed by atoms with E-state index in [-0.39, 0.29) is 5.84 Å². The van der Waals surface area contributed by atoms with E-state index >= 15 is 0 Å². The molecule has 6 heteroatoms. The Kier molecular flexibility index (Phi) is 3.15. The number of aryl methyl sites for hydroxylation is 1. The summed E-state index contributed by atoms with van der Waals surface area (Å²) in [5.41, 5.74) is 7.21. The van der Waals surface area contributed by atoms with Gasteiger partial charge in [-0.2, -0.15) is 0 Å². The first kappa shape index (κ1) is 12.7. The van der Waals surface area contributed by atoms with Crippen LogP contribution in [0, 0.1) is 5.41 Å². The lowest BCUT2D eigenvalue weighted by molar-refractivity contribution is 0.789. The summed E-state index contributed by atoms with van der Waals surface area (Å²) in [6.07, 6.45) is 3.63. The van der Waals surface area contributed by atoms with Crippen molar-refractivity contribution in [1.29, 1.82) is 5.41 Å². The molecule has 0 aliphatic carbocycles. The lowest BCUT2D eigenvalue weighted by Gasteiger charge is -2.08. The molecule has 0 fully saturated rings. The number of para-hydroxylation sites is 1. The summed E-state index contributed by atoms with van der Waals surface area (Å²) < 4.78 is 1.93. The Morgan fingerprint density at radius 3 is 2.85 bits per heavy atom. The Morgan fingerprint density at radius 2 is 2.15 bits per heavy atom. The first-order valence-corrected chi connectivity index (χ1v) is 6.86. The molecule has 0 saturated carbocycles. The van der Waals surface area contributed by atoms with E-state index in [2.05, 4.69) is 9.97 Å². The number of fused-ring (bicyclic) bond motifs is 1. The molecule has 2 aromatic heterocycles. The predicted molar refractivity (Wildman–Crippen MR) is 80.1 cm³/mol. The molecule has 3 N–H and O–H groups in total. The predicted octanol–water partition coefficient (Wildman–Crippen LogP) is 2.40. The first-order chi connectivity index (χ1) is 9.65. The van der Waals surface area contributed by atoms with Crippen molar-refractivity contribution in [3.63, 3.8) is 0 Å². The number of nitrogens with one attached hydrogen (secondary N) is 1. The van der Waals surface area contributed by atoms with Crippen molar-refractivity contribution < 1.29 is 0 Å². The molecular formula is C14H13N5S. The smallest absolute Gasteiger partial charge is 0.174 e. The third kappa shape index (κ3) is 2.25. The van der Waals surface area contributed by atoms with Crippen LogP contribution in [0.2, 0.25) is 0 Å². The van der Waals surface area contributed by atoms with Gasteiger partial charge in [-0.25, -0.2) is 9.97 Å². The monoisotopic (exact) mass is 283 g/mol. The minimum atomic E-state index is 0.0466. The molecular weight excluding hydrogens is 270 g/mol. The molecule has 0 aliphatic rings. The van der Waals surface area contributed by atoms with E-state index in [9.17, 15) is 0 Å². The molecule has 5 nitrogen and oxygen atoms in total. The zero-order valence-corrected chi connectivity index (χ0v) is 11.7. The van der Waals surface area contributed by atoms with Gasteiger partial charge in [-0.3, -0.25) is 5.41 Å². The Balaban J connectivity index is 2.12. The SMILES string of the molecule is Cn1ccnc1Sc1cc(C(=N)N)c2ccccc2n1. The maximum Gasteiger partial charge on any atom is 0.174 e. The van der Waals surface area contributed by atoms with Crippen LogP contribution >= 0.6 is 11.8 Å². The summed E-state index contributed by atoms with van der Waals surface area (Å²) in [7, 11) is 1.93. The molecule has 20 heavy (non-hydrogen) atoms. The third-order valence-corrected chi connectivity index (χ3v) is 3.95. The normalized spacial score (nSPS) is 10.8. The second-order valence-electron chi connectivity index (χ2n) is 4.36. The molecule has 0 radical (unpaired) electrons. The van der Waals surface area contributed by atoms with Crippen LogP contribution < -0.4 is 5.73 Å². The van der Waals surface area contributed by atoms with Crippen LogP contribution in [0.3, 0.4) is 0 Å². The standard InChI is InChI=1S/C14H13N5S/c1-19-7-6-17-14(19)20-12-8-10(13(15)16)9-4-2-3-5-11(9)18-12/h2-8H,1H3,(H3,15,16). The van der Waals surface area contributed by atoms with Crippen LogP contribution in [-0.4, -0.2) is 20.4 Å². The molecule has 0 unspecified atom stereocenters. The van der Waals surface area contributed by atoms with E-state index in [1.807, 2.05) is 48.1 Å². The second-order valence-corrected chi connectivity index (χ2v) is 5.35. The fraction of sp³-hybridized carbons (Fsp3) is 0.0714. The average molecular weight is 283 g/mol. The van der Waals surface area contributed by atoms with Gasteiger partial charge in [0.15, 0.2) is 5.16 Å². The van der Waals surface area contributed by atoms with E-state index < -0.39 is 0 Å². The summed E-state index contributed by atoms with van der Waals surface area (Å²) in [5.74, 6) is 0.0466. The van der Waals surface area contributed by atoms with Crippen LogP contribution in [0.4, 0.5) is 0 Å². The molecule has 1 aromatic carbocycles. The fourth-order valence-electron chi connectivity index (χ4n) is 1.97. The lowest BCUT2D eigenvalue weighted by atomic mass is 10.1. The number of imidazole rings is 1. The highest BCUT2D eigenvalue weighted by molar-refractivity contribution is 7.99. The molecule has 0 aliphatic heterocycles. The van der Waals surface area contributed by atoms with Gasteiger partial charge in [0.05, 0.1) is 5.52 Å². The highest BCUT2D eigenvalue weighted by Gasteiger charge is 2.10. The number of nitrogen functional groups attached to an aromatic ring is 1. The molecule has 0 amide bonds. The van der Waals surface area contributed by atoms with Crippen molar-refractivity contribution in [2.24, 2.45) is 12.8 Å². The van der Waals surface area contributed by atoms with Crippen molar-refractivity contribution >= 4 is 28.5 Å². The topological polar surface area (TPSA) is 80.6 Å². The average Bonchev–Trinajstić information content (AvgIpc) is 2.83. The molecule has 100 valence electrons. The zero-order chi connectivity index (χ0) is 14.1. The molecule has 0 saturated heterocycles. The van der Waals surface area contributed by atoms with Gasteiger partial charge in [0.25, 0.3) is 0 Å². The number of hydrogen-bond donors (Lipinski definition) is 2. The maximum atomic E-state index is 7.73. The van der Waals surface area contributed by atoms with Gasteiger partial charge in [0, 0.05) is 30.4 Å². The summed E-state index contributed by atoms with van der Waals surface area (Å²) in [5, 5.41) is 10.2. The van der Waals surface area contributed by atoms with Crippen molar-refractivity contribution in [2.75, 3.05) is 0 Å². The molecule has 2 heterocycles. The first-order valence-electron chi connectivity index (χ1n) is 6.04. The van der Waals surface area contributed by atoms with Crippen LogP contribution in [0.1, 0.15) is 5.56 Å². The second kappa shape index (κ2) is 4.97. The van der Waals surface area contributed by atoms with Crippen LogP contribution in [-0.2, 0) is 7.05 Å². The summed E-state index contributed by atoms with van der Waals surface area (Å²) in [6.45, 7) is 0. The van der Waals surface area contributed by atoms with Crippen molar-refractivity contribution in [1.82, 2.24) is 14.5 Å². The van der Waals surface area contributed by atoms with E-state index in [1.165, 1.54) is 11.8 Å². The molecule has 0 spiro atoms. The number of nitrogens with two attached hydrogens (primary N) is 1. The Labute approximate surface area is 120 Å². The maximum absolute atomic E-state index is 7.73. The number of pyridine rings is 1. The highest BCUT2D eigenvalue weighted by atomic mass is 32.2. The molecule has 0 bridgehead atoms. The molecule has 3 aromatic rings. The van der Waals surface area contributed by atoms with Gasteiger partial charge < -0.3 is 10.3 Å². The highest BCUT2D eigenvalue weighted by Crippen LogP contribution is 2.28. The van der Waals surface area contributed by atoms with Crippen molar-refractivity contribution in [3.05, 3.63) is 48.3 Å². The number of aromatic nitrogens is 3. The van der Waals surface area contributed by atoms with Crippen LogP contribution in [0.5, 0.6) is 0 Å². The number of hydrogen-bond acceptors (Lipinski definition) is 4.